The first-order valence-corrected chi connectivity index (χ1v) is 8.49. The van der Waals surface area contributed by atoms with Crippen LogP contribution < -0.4 is 5.32 Å². The summed E-state index contributed by atoms with van der Waals surface area (Å²) >= 11 is 1.72. The highest BCUT2D eigenvalue weighted by Crippen LogP contribution is 2.41. The predicted molar refractivity (Wildman–Crippen MR) is 89.8 cm³/mol. The zero-order valence-corrected chi connectivity index (χ0v) is 13.3. The number of hydrogen-bond acceptors (Lipinski definition) is 4. The van der Waals surface area contributed by atoms with Crippen molar-refractivity contribution in [3.05, 3.63) is 53.9 Å². The maximum absolute atomic E-state index is 12.3. The molecule has 114 valence electrons. The van der Waals surface area contributed by atoms with Crippen LogP contribution >= 0.6 is 11.8 Å². The number of benzene rings is 1. The summed E-state index contributed by atoms with van der Waals surface area (Å²) in [4.78, 5) is 20.3. The summed E-state index contributed by atoms with van der Waals surface area (Å²) in [5, 5.41) is 3.03. The Morgan fingerprint density at radius 2 is 2.05 bits per heavy atom. The molecule has 22 heavy (non-hydrogen) atoms. The lowest BCUT2D eigenvalue weighted by Crippen LogP contribution is -2.25. The molecule has 2 atom stereocenters. The van der Waals surface area contributed by atoms with Crippen molar-refractivity contribution < 1.29 is 4.79 Å². The fourth-order valence-electron chi connectivity index (χ4n) is 2.73. The van der Waals surface area contributed by atoms with E-state index in [1.54, 1.807) is 30.2 Å². The maximum Gasteiger partial charge on any atom is 0.239 e. The number of thioether (sulfide) groups is 1. The molecule has 0 spiro atoms. The molecule has 0 fully saturated rings. The third kappa shape index (κ3) is 3.47. The minimum Gasteiger partial charge on any atom is -0.294 e. The van der Waals surface area contributed by atoms with E-state index in [0.717, 1.165) is 12.8 Å². The molecular weight excluding hydrogens is 294 g/mol. The SMILES string of the molecule is C[C@@H](S[C@H]1CCCc2ccccc21)C(=O)Nc1ncccn1. The Morgan fingerprint density at radius 3 is 2.86 bits per heavy atom. The summed E-state index contributed by atoms with van der Waals surface area (Å²) in [6, 6.07) is 10.3. The Hall–Kier alpha value is -1.88. The molecule has 3 rings (SSSR count). The number of aromatic nitrogens is 2. The number of carbonyl (C=O) groups is 1. The third-order valence-corrected chi connectivity index (χ3v) is 5.29. The molecule has 4 nitrogen and oxygen atoms in total. The second kappa shape index (κ2) is 6.92. The van der Waals surface area contributed by atoms with E-state index in [4.69, 9.17) is 0 Å². The van der Waals surface area contributed by atoms with E-state index < -0.39 is 0 Å². The summed E-state index contributed by atoms with van der Waals surface area (Å²) in [5.41, 5.74) is 2.81. The van der Waals surface area contributed by atoms with Crippen LogP contribution in [0.1, 0.15) is 36.1 Å². The fourth-order valence-corrected chi connectivity index (χ4v) is 4.09. The number of hydrogen-bond donors (Lipinski definition) is 1. The number of nitrogens with one attached hydrogen (secondary N) is 1. The van der Waals surface area contributed by atoms with Gasteiger partial charge in [0.2, 0.25) is 11.9 Å². The fraction of sp³-hybridized carbons (Fsp3) is 0.353. The first kappa shape index (κ1) is 15.0. The van der Waals surface area contributed by atoms with E-state index in [0.29, 0.717) is 11.2 Å². The van der Waals surface area contributed by atoms with E-state index in [-0.39, 0.29) is 11.2 Å². The Labute approximate surface area is 134 Å². The van der Waals surface area contributed by atoms with Crippen LogP contribution in [-0.4, -0.2) is 21.1 Å². The van der Waals surface area contributed by atoms with Crippen LogP contribution in [0.4, 0.5) is 5.95 Å². The van der Waals surface area contributed by atoms with Crippen molar-refractivity contribution in [1.82, 2.24) is 9.97 Å². The monoisotopic (exact) mass is 313 g/mol. The molecule has 1 aromatic heterocycles. The Bertz CT molecular complexity index is 647. The number of rotatable bonds is 4. The molecule has 1 aliphatic rings. The van der Waals surface area contributed by atoms with Crippen molar-refractivity contribution in [2.75, 3.05) is 5.32 Å². The molecule has 0 saturated carbocycles. The highest BCUT2D eigenvalue weighted by atomic mass is 32.2. The quantitative estimate of drug-likeness (QED) is 0.937. The molecule has 1 amide bonds. The zero-order valence-electron chi connectivity index (χ0n) is 12.5. The van der Waals surface area contributed by atoms with Crippen molar-refractivity contribution in [1.29, 1.82) is 0 Å². The highest BCUT2D eigenvalue weighted by Gasteiger charge is 2.25. The molecule has 1 aromatic carbocycles. The topological polar surface area (TPSA) is 54.9 Å². The summed E-state index contributed by atoms with van der Waals surface area (Å²) in [6.45, 7) is 1.94. The van der Waals surface area contributed by atoms with E-state index >= 15 is 0 Å². The van der Waals surface area contributed by atoms with Crippen molar-refractivity contribution in [3.8, 4) is 0 Å². The van der Waals surface area contributed by atoms with E-state index in [1.165, 1.54) is 17.5 Å². The Kier molecular flexibility index (Phi) is 4.73. The summed E-state index contributed by atoms with van der Waals surface area (Å²) in [5.74, 6) is 0.322. The largest absolute Gasteiger partial charge is 0.294 e. The molecule has 0 bridgehead atoms. The van der Waals surface area contributed by atoms with Gasteiger partial charge in [-0.1, -0.05) is 24.3 Å². The van der Waals surface area contributed by atoms with Gasteiger partial charge in [0.05, 0.1) is 5.25 Å². The minimum absolute atomic E-state index is 0.0424. The molecule has 1 N–H and O–H groups in total. The molecule has 1 aliphatic carbocycles. The van der Waals surface area contributed by atoms with Crippen LogP contribution in [0, 0.1) is 0 Å². The van der Waals surface area contributed by atoms with Crippen LogP contribution in [0.15, 0.2) is 42.7 Å². The number of fused-ring (bicyclic) bond motifs is 1. The van der Waals surface area contributed by atoms with Gasteiger partial charge in [-0.05, 0) is 43.4 Å². The van der Waals surface area contributed by atoms with Crippen molar-refractivity contribution >= 4 is 23.6 Å². The third-order valence-electron chi connectivity index (χ3n) is 3.85. The predicted octanol–water partition coefficient (Wildman–Crippen LogP) is 3.61. The van der Waals surface area contributed by atoms with Gasteiger partial charge in [-0.3, -0.25) is 10.1 Å². The normalized spacial score (nSPS) is 18.3. The molecule has 0 aliphatic heterocycles. The Morgan fingerprint density at radius 1 is 1.27 bits per heavy atom. The van der Waals surface area contributed by atoms with Gasteiger partial charge in [0.25, 0.3) is 0 Å². The zero-order chi connectivity index (χ0) is 15.4. The number of nitrogens with zero attached hydrogens (tertiary/aromatic N) is 2. The van der Waals surface area contributed by atoms with Gasteiger partial charge in [0, 0.05) is 17.6 Å². The first-order chi connectivity index (χ1) is 10.7. The molecular formula is C17H19N3OS. The molecule has 5 heteroatoms. The molecule has 1 heterocycles. The van der Waals surface area contributed by atoms with E-state index in [9.17, 15) is 4.79 Å². The van der Waals surface area contributed by atoms with Crippen molar-refractivity contribution in [2.24, 2.45) is 0 Å². The minimum atomic E-state index is -0.139. The summed E-state index contributed by atoms with van der Waals surface area (Å²) < 4.78 is 0. The first-order valence-electron chi connectivity index (χ1n) is 7.55. The highest BCUT2D eigenvalue weighted by molar-refractivity contribution is 8.00. The lowest BCUT2D eigenvalue weighted by molar-refractivity contribution is -0.115. The van der Waals surface area contributed by atoms with Crippen LogP contribution in [0.2, 0.25) is 0 Å². The van der Waals surface area contributed by atoms with Gasteiger partial charge >= 0.3 is 0 Å². The van der Waals surface area contributed by atoms with Crippen LogP contribution in [0.5, 0.6) is 0 Å². The molecule has 0 radical (unpaired) electrons. The smallest absolute Gasteiger partial charge is 0.239 e. The van der Waals surface area contributed by atoms with Gasteiger partial charge in [-0.2, -0.15) is 0 Å². The number of carbonyl (C=O) groups excluding carboxylic acids is 1. The average molecular weight is 313 g/mol. The van der Waals surface area contributed by atoms with Gasteiger partial charge in [0.1, 0.15) is 0 Å². The van der Waals surface area contributed by atoms with Crippen molar-refractivity contribution in [3.63, 3.8) is 0 Å². The molecule has 2 aromatic rings. The maximum atomic E-state index is 12.3. The van der Waals surface area contributed by atoms with Gasteiger partial charge < -0.3 is 0 Å². The molecule has 0 unspecified atom stereocenters. The summed E-state index contributed by atoms with van der Waals surface area (Å²) in [6.07, 6.45) is 6.70. The second-order valence-corrected chi connectivity index (χ2v) is 6.97. The number of anilines is 1. The average Bonchev–Trinajstić information content (AvgIpc) is 2.56. The van der Waals surface area contributed by atoms with Gasteiger partial charge in [-0.25, -0.2) is 9.97 Å². The number of amides is 1. The van der Waals surface area contributed by atoms with Crippen molar-refractivity contribution in [2.45, 2.75) is 36.7 Å². The van der Waals surface area contributed by atoms with Gasteiger partial charge in [0.15, 0.2) is 0 Å². The van der Waals surface area contributed by atoms with Gasteiger partial charge in [-0.15, -0.1) is 11.8 Å². The van der Waals surface area contributed by atoms with Crippen LogP contribution in [0.3, 0.4) is 0 Å². The van der Waals surface area contributed by atoms with E-state index in [1.807, 2.05) is 6.92 Å². The number of aryl methyl sites for hydroxylation is 1. The molecule has 0 saturated heterocycles. The standard InChI is InChI=1S/C17H19N3OS/c1-12(16(21)20-17-18-10-5-11-19-17)22-15-9-4-7-13-6-2-3-8-14(13)15/h2-3,5-6,8,10-12,15H,4,7,9H2,1H3,(H,18,19,20,21)/t12-,15+/m1/s1. The summed E-state index contributed by atoms with van der Waals surface area (Å²) in [7, 11) is 0. The second-order valence-electron chi connectivity index (χ2n) is 5.42. The lowest BCUT2D eigenvalue weighted by atomic mass is 9.91. The lowest BCUT2D eigenvalue weighted by Gasteiger charge is -2.27. The van der Waals surface area contributed by atoms with Crippen LogP contribution in [0.25, 0.3) is 0 Å². The van der Waals surface area contributed by atoms with Crippen LogP contribution in [-0.2, 0) is 11.2 Å². The van der Waals surface area contributed by atoms with E-state index in [2.05, 4.69) is 39.6 Å². The Balaban J connectivity index is 1.65.